The number of fused-ring (bicyclic) bond motifs is 1. The van der Waals surface area contributed by atoms with Crippen molar-refractivity contribution in [2.24, 2.45) is 7.05 Å². The summed E-state index contributed by atoms with van der Waals surface area (Å²) in [6.45, 7) is 4.31. The van der Waals surface area contributed by atoms with E-state index in [9.17, 15) is 8.42 Å². The molecule has 2 saturated heterocycles. The van der Waals surface area contributed by atoms with Gasteiger partial charge in [-0.1, -0.05) is 0 Å². The number of ether oxygens (including phenoxy) is 1. The molecule has 1 aromatic rings. The second-order valence-electron chi connectivity index (χ2n) is 6.92. The average Bonchev–Trinajstić information content (AvgIpc) is 3.12. The maximum Gasteiger partial charge on any atom is 0.262 e. The summed E-state index contributed by atoms with van der Waals surface area (Å²) in [6.07, 6.45) is 4.17. The van der Waals surface area contributed by atoms with Gasteiger partial charge in [0, 0.05) is 52.0 Å². The SMILES string of the molecule is CN(C)CCO[C@@H]1C[C@H]2CN(S(=O)(=O)c3cn(C)cn3)CCN2C1. The average molecular weight is 357 g/mol. The van der Waals surface area contributed by atoms with E-state index in [0.717, 1.165) is 26.1 Å². The summed E-state index contributed by atoms with van der Waals surface area (Å²) in [5.41, 5.74) is 0. The Morgan fingerprint density at radius 2 is 2.12 bits per heavy atom. The Hall–Kier alpha value is -1.00. The van der Waals surface area contributed by atoms with Crippen LogP contribution >= 0.6 is 0 Å². The van der Waals surface area contributed by atoms with Crippen molar-refractivity contribution in [3.63, 3.8) is 0 Å². The first-order chi connectivity index (χ1) is 11.4. The molecule has 0 spiro atoms. The minimum absolute atomic E-state index is 0.134. The predicted octanol–water partition coefficient (Wildman–Crippen LogP) is -0.554. The monoisotopic (exact) mass is 357 g/mol. The number of sulfonamides is 1. The zero-order valence-electron chi connectivity index (χ0n) is 14.6. The van der Waals surface area contributed by atoms with Crippen LogP contribution in [0.15, 0.2) is 17.6 Å². The molecule has 2 aliphatic heterocycles. The molecule has 0 amide bonds. The van der Waals surface area contributed by atoms with Crippen LogP contribution in [-0.4, -0.2) is 97.6 Å². The van der Waals surface area contributed by atoms with Gasteiger partial charge in [-0.15, -0.1) is 0 Å². The van der Waals surface area contributed by atoms with Crippen molar-refractivity contribution < 1.29 is 13.2 Å². The van der Waals surface area contributed by atoms with E-state index in [2.05, 4.69) is 14.8 Å². The van der Waals surface area contributed by atoms with Crippen LogP contribution in [0.4, 0.5) is 0 Å². The standard InChI is InChI=1S/C15H27N5O3S/c1-17(2)6-7-23-14-8-13-9-20(5-4-19(13)10-14)24(21,22)15-11-18(3)12-16-15/h11-14H,4-10H2,1-3H3/t13-,14+/m0/s1. The maximum absolute atomic E-state index is 12.7. The quantitative estimate of drug-likeness (QED) is 0.680. The van der Waals surface area contributed by atoms with Gasteiger partial charge in [0.05, 0.1) is 19.0 Å². The van der Waals surface area contributed by atoms with Crippen LogP contribution < -0.4 is 0 Å². The van der Waals surface area contributed by atoms with Crippen molar-refractivity contribution in [2.45, 2.75) is 23.6 Å². The topological polar surface area (TPSA) is 70.9 Å². The van der Waals surface area contributed by atoms with Gasteiger partial charge in [-0.2, -0.15) is 4.31 Å². The second-order valence-corrected chi connectivity index (χ2v) is 8.81. The molecule has 136 valence electrons. The fourth-order valence-corrected chi connectivity index (χ4v) is 4.80. The van der Waals surface area contributed by atoms with E-state index in [1.807, 2.05) is 14.1 Å². The molecule has 2 atom stereocenters. The molecule has 0 N–H and O–H groups in total. The van der Waals surface area contributed by atoms with Crippen LogP contribution in [0, 0.1) is 0 Å². The molecular weight excluding hydrogens is 330 g/mol. The molecule has 0 bridgehead atoms. The van der Waals surface area contributed by atoms with E-state index in [1.54, 1.807) is 22.1 Å². The fraction of sp³-hybridized carbons (Fsp3) is 0.800. The van der Waals surface area contributed by atoms with Crippen LogP contribution in [-0.2, 0) is 21.8 Å². The lowest BCUT2D eigenvalue weighted by molar-refractivity contribution is 0.0498. The smallest absolute Gasteiger partial charge is 0.262 e. The molecule has 3 rings (SSSR count). The van der Waals surface area contributed by atoms with Gasteiger partial charge in [0.2, 0.25) is 0 Å². The van der Waals surface area contributed by atoms with E-state index in [4.69, 9.17) is 4.74 Å². The molecule has 9 heteroatoms. The minimum Gasteiger partial charge on any atom is -0.375 e. The Morgan fingerprint density at radius 1 is 1.33 bits per heavy atom. The Labute approximate surface area is 144 Å². The van der Waals surface area contributed by atoms with Gasteiger partial charge in [0.25, 0.3) is 10.0 Å². The highest BCUT2D eigenvalue weighted by molar-refractivity contribution is 7.89. The molecule has 0 unspecified atom stereocenters. The number of rotatable bonds is 6. The third-order valence-corrected chi connectivity index (χ3v) is 6.47. The third kappa shape index (κ3) is 3.80. The number of aryl methyl sites for hydroxylation is 1. The lowest BCUT2D eigenvalue weighted by atomic mass is 10.2. The van der Waals surface area contributed by atoms with Crippen LogP contribution in [0.1, 0.15) is 6.42 Å². The van der Waals surface area contributed by atoms with Gasteiger partial charge < -0.3 is 14.2 Å². The van der Waals surface area contributed by atoms with Crippen molar-refractivity contribution in [1.29, 1.82) is 0 Å². The zero-order valence-corrected chi connectivity index (χ0v) is 15.4. The van der Waals surface area contributed by atoms with E-state index in [0.29, 0.717) is 19.7 Å². The third-order valence-electron chi connectivity index (χ3n) is 4.72. The Kier molecular flexibility index (Phi) is 5.26. The number of aromatic nitrogens is 2. The molecule has 0 radical (unpaired) electrons. The first-order valence-corrected chi connectivity index (χ1v) is 9.79. The summed E-state index contributed by atoms with van der Waals surface area (Å²) in [4.78, 5) is 8.46. The summed E-state index contributed by atoms with van der Waals surface area (Å²) in [7, 11) is 2.33. The number of hydrogen-bond donors (Lipinski definition) is 0. The molecule has 8 nitrogen and oxygen atoms in total. The Morgan fingerprint density at radius 3 is 2.79 bits per heavy atom. The summed E-state index contributed by atoms with van der Waals surface area (Å²) in [5.74, 6) is 0. The molecule has 2 aliphatic rings. The zero-order chi connectivity index (χ0) is 17.3. The second kappa shape index (κ2) is 7.09. The molecule has 1 aromatic heterocycles. The van der Waals surface area contributed by atoms with Crippen LogP contribution in [0.3, 0.4) is 0 Å². The van der Waals surface area contributed by atoms with Crippen molar-refractivity contribution >= 4 is 10.0 Å². The Balaban J connectivity index is 1.58. The number of piperazine rings is 1. The van der Waals surface area contributed by atoms with Gasteiger partial charge in [0.15, 0.2) is 5.03 Å². The van der Waals surface area contributed by atoms with Gasteiger partial charge in [-0.05, 0) is 20.5 Å². The Bertz CT molecular complexity index is 660. The number of imidazole rings is 1. The van der Waals surface area contributed by atoms with E-state index in [1.165, 1.54) is 6.33 Å². The minimum atomic E-state index is -3.50. The first-order valence-electron chi connectivity index (χ1n) is 8.35. The maximum atomic E-state index is 12.7. The normalized spacial score (nSPS) is 26.2. The largest absolute Gasteiger partial charge is 0.375 e. The van der Waals surface area contributed by atoms with Gasteiger partial charge in [0.1, 0.15) is 0 Å². The van der Waals surface area contributed by atoms with Crippen LogP contribution in [0.5, 0.6) is 0 Å². The molecule has 0 saturated carbocycles. The lowest BCUT2D eigenvalue weighted by Crippen LogP contribution is -2.52. The molecule has 0 aliphatic carbocycles. The van der Waals surface area contributed by atoms with Gasteiger partial charge in [-0.3, -0.25) is 4.90 Å². The van der Waals surface area contributed by atoms with Crippen molar-refractivity contribution in [3.8, 4) is 0 Å². The number of hydrogen-bond acceptors (Lipinski definition) is 6. The van der Waals surface area contributed by atoms with Gasteiger partial charge in [-0.25, -0.2) is 13.4 Å². The predicted molar refractivity (Wildman–Crippen MR) is 90.2 cm³/mol. The van der Waals surface area contributed by atoms with Crippen LogP contribution in [0.25, 0.3) is 0 Å². The summed E-state index contributed by atoms with van der Waals surface area (Å²) in [5, 5.41) is 0.134. The number of nitrogens with zero attached hydrogens (tertiary/aromatic N) is 5. The number of likely N-dealkylation sites (N-methyl/N-ethyl adjacent to an activating group) is 1. The lowest BCUT2D eigenvalue weighted by Gasteiger charge is -2.35. The first kappa shape index (κ1) is 17.8. The molecular formula is C15H27N5O3S. The van der Waals surface area contributed by atoms with Crippen molar-refractivity contribution in [1.82, 2.24) is 23.7 Å². The molecule has 3 heterocycles. The summed E-state index contributed by atoms with van der Waals surface area (Å²) < 4.78 is 34.6. The van der Waals surface area contributed by atoms with E-state index in [-0.39, 0.29) is 17.2 Å². The van der Waals surface area contributed by atoms with Crippen LogP contribution in [0.2, 0.25) is 0 Å². The summed E-state index contributed by atoms with van der Waals surface area (Å²) in [6, 6.07) is 0.238. The summed E-state index contributed by atoms with van der Waals surface area (Å²) >= 11 is 0. The highest BCUT2D eigenvalue weighted by Gasteiger charge is 2.40. The van der Waals surface area contributed by atoms with Gasteiger partial charge >= 0.3 is 0 Å². The molecule has 24 heavy (non-hydrogen) atoms. The fourth-order valence-electron chi connectivity index (χ4n) is 3.36. The van der Waals surface area contributed by atoms with E-state index >= 15 is 0 Å². The van der Waals surface area contributed by atoms with Crippen molar-refractivity contribution in [2.75, 3.05) is 53.4 Å². The van der Waals surface area contributed by atoms with E-state index < -0.39 is 10.0 Å². The molecule has 2 fully saturated rings. The van der Waals surface area contributed by atoms with Crippen molar-refractivity contribution in [3.05, 3.63) is 12.5 Å². The highest BCUT2D eigenvalue weighted by atomic mass is 32.2. The highest BCUT2D eigenvalue weighted by Crippen LogP contribution is 2.27. The molecule has 0 aromatic carbocycles.